The number of benzene rings is 1. The van der Waals surface area contributed by atoms with Gasteiger partial charge in [0.1, 0.15) is 0 Å². The van der Waals surface area contributed by atoms with E-state index in [4.69, 9.17) is 0 Å². The van der Waals surface area contributed by atoms with Gasteiger partial charge in [0.15, 0.2) is 0 Å². The zero-order valence-corrected chi connectivity index (χ0v) is 14.4. The number of rotatable bonds is 7. The molecule has 0 radical (unpaired) electrons. The van der Waals surface area contributed by atoms with Crippen molar-refractivity contribution in [2.24, 2.45) is 0 Å². The van der Waals surface area contributed by atoms with Gasteiger partial charge >= 0.3 is 0 Å². The van der Waals surface area contributed by atoms with Gasteiger partial charge in [-0.15, -0.1) is 0 Å². The molecule has 0 unspecified atom stereocenters. The van der Waals surface area contributed by atoms with Gasteiger partial charge in [-0.3, -0.25) is 4.79 Å². The van der Waals surface area contributed by atoms with E-state index in [-0.39, 0.29) is 24.0 Å². The topological polar surface area (TPSA) is 40.5 Å². The van der Waals surface area contributed by atoms with Gasteiger partial charge in [-0.25, -0.2) is 0 Å². The quantitative estimate of drug-likeness (QED) is 0.814. The zero-order chi connectivity index (χ0) is 15.5. The van der Waals surface area contributed by atoms with Crippen LogP contribution in [-0.4, -0.2) is 35.1 Å². The summed E-state index contributed by atoms with van der Waals surface area (Å²) in [5.41, 5.74) is 0.753. The fourth-order valence-electron chi connectivity index (χ4n) is 3.08. The summed E-state index contributed by atoms with van der Waals surface area (Å²) in [5, 5.41) is 9.32. The maximum absolute atomic E-state index is 13.1. The lowest BCUT2D eigenvalue weighted by Crippen LogP contribution is -2.46. The molecule has 0 heterocycles. The Kier molecular flexibility index (Phi) is 5.44. The van der Waals surface area contributed by atoms with E-state index in [9.17, 15) is 9.90 Å². The van der Waals surface area contributed by atoms with Crippen LogP contribution in [0.2, 0.25) is 0 Å². The molecule has 0 spiro atoms. The lowest BCUT2D eigenvalue weighted by atomic mass is 9.93. The number of amides is 1. The Morgan fingerprint density at radius 3 is 2.29 bits per heavy atom. The summed E-state index contributed by atoms with van der Waals surface area (Å²) in [6.45, 7) is 4.66. The molecule has 1 aromatic carbocycles. The molecule has 1 aliphatic carbocycles. The Bertz CT molecular complexity index is 478. The Hall–Kier alpha value is -0.870. The van der Waals surface area contributed by atoms with Gasteiger partial charge in [0.05, 0.1) is 12.0 Å². The molecule has 0 bridgehead atoms. The van der Waals surface area contributed by atoms with E-state index in [0.717, 1.165) is 35.7 Å². The third-order valence-electron chi connectivity index (χ3n) is 4.54. The second kappa shape index (κ2) is 6.93. The van der Waals surface area contributed by atoms with E-state index in [2.05, 4.69) is 29.8 Å². The summed E-state index contributed by atoms with van der Waals surface area (Å²) in [4.78, 5) is 15.0. The van der Waals surface area contributed by atoms with Crippen molar-refractivity contribution in [2.45, 2.75) is 51.0 Å². The summed E-state index contributed by atoms with van der Waals surface area (Å²) in [5.74, 6) is 0.188. The molecule has 1 amide bonds. The van der Waals surface area contributed by atoms with Crippen molar-refractivity contribution in [3.8, 4) is 0 Å². The number of carbonyl (C=O) groups is 1. The first-order valence-electron chi connectivity index (χ1n) is 7.77. The molecule has 0 aromatic heterocycles. The Labute approximate surface area is 135 Å². The number of halogens is 1. The van der Waals surface area contributed by atoms with Crippen LogP contribution in [0.5, 0.6) is 0 Å². The molecular formula is C17H24BrNO2. The Morgan fingerprint density at radius 1 is 1.29 bits per heavy atom. The molecule has 1 fully saturated rings. The van der Waals surface area contributed by atoms with Crippen LogP contribution < -0.4 is 0 Å². The van der Waals surface area contributed by atoms with Crippen molar-refractivity contribution >= 4 is 21.8 Å². The first-order valence-corrected chi connectivity index (χ1v) is 8.56. The predicted molar refractivity (Wildman–Crippen MR) is 88.2 cm³/mol. The van der Waals surface area contributed by atoms with Crippen molar-refractivity contribution in [2.75, 3.05) is 13.2 Å². The maximum Gasteiger partial charge on any atom is 0.233 e. The number of nitrogens with zero attached hydrogens (tertiary/aromatic N) is 1. The molecule has 1 saturated carbocycles. The van der Waals surface area contributed by atoms with Crippen LogP contribution in [0.15, 0.2) is 28.7 Å². The number of aliphatic hydroxyl groups excluding tert-OH is 1. The highest BCUT2D eigenvalue weighted by atomic mass is 79.9. The first-order chi connectivity index (χ1) is 10.1. The first kappa shape index (κ1) is 16.5. The minimum Gasteiger partial charge on any atom is -0.395 e. The summed E-state index contributed by atoms with van der Waals surface area (Å²) in [6.07, 6.45) is 3.68. The molecule has 0 atom stereocenters. The molecule has 3 nitrogen and oxygen atoms in total. The van der Waals surface area contributed by atoms with Crippen molar-refractivity contribution in [1.82, 2.24) is 4.90 Å². The minimum atomic E-state index is -0.349. The number of carbonyl (C=O) groups excluding carboxylic acids is 1. The largest absolute Gasteiger partial charge is 0.395 e. The van der Waals surface area contributed by atoms with Gasteiger partial charge in [0, 0.05) is 17.1 Å². The smallest absolute Gasteiger partial charge is 0.233 e. The van der Waals surface area contributed by atoms with Gasteiger partial charge in [-0.05, 0) is 43.4 Å². The van der Waals surface area contributed by atoms with E-state index < -0.39 is 0 Å². The van der Waals surface area contributed by atoms with Gasteiger partial charge < -0.3 is 10.0 Å². The third kappa shape index (κ3) is 3.32. The number of hydrogen-bond acceptors (Lipinski definition) is 2. The highest BCUT2D eigenvalue weighted by Crippen LogP contribution is 2.50. The van der Waals surface area contributed by atoms with Crippen molar-refractivity contribution in [1.29, 1.82) is 0 Å². The van der Waals surface area contributed by atoms with E-state index in [1.165, 1.54) is 0 Å². The van der Waals surface area contributed by atoms with Crippen LogP contribution in [0.25, 0.3) is 0 Å². The fourth-order valence-corrected chi connectivity index (χ4v) is 3.35. The van der Waals surface area contributed by atoms with Crippen LogP contribution in [-0.2, 0) is 10.2 Å². The van der Waals surface area contributed by atoms with E-state index in [0.29, 0.717) is 6.54 Å². The molecule has 1 aromatic rings. The Morgan fingerprint density at radius 2 is 1.86 bits per heavy atom. The third-order valence-corrected chi connectivity index (χ3v) is 5.07. The maximum atomic E-state index is 13.1. The van der Waals surface area contributed by atoms with Crippen molar-refractivity contribution in [3.63, 3.8) is 0 Å². The summed E-state index contributed by atoms with van der Waals surface area (Å²) >= 11 is 3.44. The summed E-state index contributed by atoms with van der Waals surface area (Å²) < 4.78 is 1.03. The normalized spacial score (nSPS) is 16.0. The van der Waals surface area contributed by atoms with Crippen LogP contribution in [0.4, 0.5) is 0 Å². The van der Waals surface area contributed by atoms with E-state index in [1.54, 1.807) is 0 Å². The van der Waals surface area contributed by atoms with E-state index >= 15 is 0 Å². The lowest BCUT2D eigenvalue weighted by Gasteiger charge is -2.33. The summed E-state index contributed by atoms with van der Waals surface area (Å²) in [6, 6.07) is 8.29. The molecule has 1 aliphatic rings. The highest BCUT2D eigenvalue weighted by molar-refractivity contribution is 9.10. The number of aliphatic hydroxyl groups is 1. The van der Waals surface area contributed by atoms with Crippen LogP contribution >= 0.6 is 15.9 Å². The van der Waals surface area contributed by atoms with Gasteiger partial charge in [0.25, 0.3) is 0 Å². The fraction of sp³-hybridized carbons (Fsp3) is 0.588. The van der Waals surface area contributed by atoms with Crippen LogP contribution in [0.1, 0.15) is 45.1 Å². The molecule has 2 rings (SSSR count). The lowest BCUT2D eigenvalue weighted by molar-refractivity contribution is -0.137. The molecule has 0 saturated heterocycles. The number of hydrogen-bond donors (Lipinski definition) is 1. The van der Waals surface area contributed by atoms with Crippen molar-refractivity contribution in [3.05, 3.63) is 34.3 Å². The average molecular weight is 354 g/mol. The minimum absolute atomic E-state index is 0.0264. The van der Waals surface area contributed by atoms with Gasteiger partial charge in [-0.2, -0.15) is 0 Å². The molecule has 1 N–H and O–H groups in total. The molecule has 116 valence electrons. The molecule has 0 aliphatic heterocycles. The van der Waals surface area contributed by atoms with Crippen LogP contribution in [0, 0.1) is 0 Å². The molecule has 21 heavy (non-hydrogen) atoms. The van der Waals surface area contributed by atoms with Crippen molar-refractivity contribution < 1.29 is 9.90 Å². The SMILES string of the molecule is CCC(CC)N(CCO)C(=O)C1(c2ccc(Br)cc2)CC1. The monoisotopic (exact) mass is 353 g/mol. The average Bonchev–Trinajstić information content (AvgIpc) is 3.29. The standard InChI is InChI=1S/C17H24BrNO2/c1-3-15(4-2)19(11-12-20)16(21)17(9-10-17)13-5-7-14(18)8-6-13/h5-8,15,20H,3-4,9-12H2,1-2H3. The van der Waals surface area contributed by atoms with Crippen LogP contribution in [0.3, 0.4) is 0 Å². The predicted octanol–water partition coefficient (Wildman–Crippen LogP) is 3.49. The Balaban J connectivity index is 2.25. The van der Waals surface area contributed by atoms with Gasteiger partial charge in [0.2, 0.25) is 5.91 Å². The molecule has 4 heteroatoms. The second-order valence-corrected chi connectivity index (χ2v) is 6.70. The van der Waals surface area contributed by atoms with Gasteiger partial charge in [-0.1, -0.05) is 41.9 Å². The molecular weight excluding hydrogens is 330 g/mol. The second-order valence-electron chi connectivity index (χ2n) is 5.78. The zero-order valence-electron chi connectivity index (χ0n) is 12.8. The summed E-state index contributed by atoms with van der Waals surface area (Å²) in [7, 11) is 0. The van der Waals surface area contributed by atoms with E-state index in [1.807, 2.05) is 29.2 Å². The highest BCUT2D eigenvalue weighted by Gasteiger charge is 2.53.